The van der Waals surface area contributed by atoms with E-state index in [4.69, 9.17) is 16.7 Å². The van der Waals surface area contributed by atoms with Gasteiger partial charge in [0.25, 0.3) is 0 Å². The summed E-state index contributed by atoms with van der Waals surface area (Å²) in [4.78, 5) is 12.5. The van der Waals surface area contributed by atoms with Gasteiger partial charge in [0.05, 0.1) is 0 Å². The standard InChI is InChI=1S/C15H12ClF2NO2/c16-11-2-4-12(5-3-11)19(9-15(20)21)8-10-1-6-13(17)14(18)7-10/h1-7H,8-9H2,(H,20,21). The molecule has 3 nitrogen and oxygen atoms in total. The Balaban J connectivity index is 2.25. The number of hydrogen-bond donors (Lipinski definition) is 1. The molecule has 0 aliphatic rings. The van der Waals surface area contributed by atoms with Crippen molar-refractivity contribution in [3.8, 4) is 0 Å². The zero-order valence-electron chi connectivity index (χ0n) is 10.9. The van der Waals surface area contributed by atoms with Gasteiger partial charge in [-0.05, 0) is 42.0 Å². The van der Waals surface area contributed by atoms with Gasteiger partial charge < -0.3 is 10.0 Å². The highest BCUT2D eigenvalue weighted by atomic mass is 35.5. The lowest BCUT2D eigenvalue weighted by Gasteiger charge is -2.23. The molecule has 0 aliphatic carbocycles. The van der Waals surface area contributed by atoms with Gasteiger partial charge in [-0.25, -0.2) is 8.78 Å². The maximum atomic E-state index is 13.2. The van der Waals surface area contributed by atoms with Crippen LogP contribution >= 0.6 is 11.6 Å². The minimum atomic E-state index is -1.02. The molecule has 6 heteroatoms. The first-order valence-electron chi connectivity index (χ1n) is 6.12. The van der Waals surface area contributed by atoms with Crippen LogP contribution in [0.15, 0.2) is 42.5 Å². The molecular weight excluding hydrogens is 300 g/mol. The van der Waals surface area contributed by atoms with Crippen molar-refractivity contribution in [2.45, 2.75) is 6.54 Å². The first kappa shape index (κ1) is 15.3. The summed E-state index contributed by atoms with van der Waals surface area (Å²) < 4.78 is 26.1. The summed E-state index contributed by atoms with van der Waals surface area (Å²) in [5.74, 6) is -2.92. The van der Waals surface area contributed by atoms with Crippen LogP contribution in [0.4, 0.5) is 14.5 Å². The van der Waals surface area contributed by atoms with E-state index in [1.807, 2.05) is 0 Å². The van der Waals surface area contributed by atoms with Crippen LogP contribution in [0.2, 0.25) is 5.02 Å². The van der Waals surface area contributed by atoms with Gasteiger partial charge in [-0.3, -0.25) is 4.79 Å². The summed E-state index contributed by atoms with van der Waals surface area (Å²) in [7, 11) is 0. The van der Waals surface area contributed by atoms with Crippen LogP contribution in [0.3, 0.4) is 0 Å². The fraction of sp³-hybridized carbons (Fsp3) is 0.133. The van der Waals surface area contributed by atoms with E-state index in [0.717, 1.165) is 12.1 Å². The molecule has 0 radical (unpaired) electrons. The second-order valence-electron chi connectivity index (χ2n) is 4.47. The van der Waals surface area contributed by atoms with Crippen molar-refractivity contribution in [2.75, 3.05) is 11.4 Å². The van der Waals surface area contributed by atoms with E-state index in [9.17, 15) is 13.6 Å². The van der Waals surface area contributed by atoms with Gasteiger partial charge in [-0.2, -0.15) is 0 Å². The summed E-state index contributed by atoms with van der Waals surface area (Å²) >= 11 is 5.79. The Labute approximate surface area is 125 Å². The Morgan fingerprint density at radius 1 is 1.10 bits per heavy atom. The van der Waals surface area contributed by atoms with Crippen LogP contribution in [0.5, 0.6) is 0 Å². The summed E-state index contributed by atoms with van der Waals surface area (Å²) in [6.45, 7) is -0.119. The van der Waals surface area contributed by atoms with Crippen LogP contribution in [-0.4, -0.2) is 17.6 Å². The first-order chi connectivity index (χ1) is 9.95. The monoisotopic (exact) mass is 311 g/mol. The minimum absolute atomic E-state index is 0.144. The summed E-state index contributed by atoms with van der Waals surface area (Å²) in [6.07, 6.45) is 0. The Hall–Kier alpha value is -2.14. The second kappa shape index (κ2) is 6.54. The predicted molar refractivity (Wildman–Crippen MR) is 76.5 cm³/mol. The van der Waals surface area contributed by atoms with Crippen LogP contribution in [0.1, 0.15) is 5.56 Å². The number of nitrogens with zero attached hydrogens (tertiary/aromatic N) is 1. The van der Waals surface area contributed by atoms with E-state index in [-0.39, 0.29) is 13.1 Å². The molecule has 0 unspecified atom stereocenters. The highest BCUT2D eigenvalue weighted by Gasteiger charge is 2.13. The molecule has 110 valence electrons. The normalized spacial score (nSPS) is 10.4. The third-order valence-corrected chi connectivity index (χ3v) is 3.13. The fourth-order valence-electron chi connectivity index (χ4n) is 1.91. The minimum Gasteiger partial charge on any atom is -0.480 e. The highest BCUT2D eigenvalue weighted by molar-refractivity contribution is 6.30. The lowest BCUT2D eigenvalue weighted by molar-refractivity contribution is -0.135. The van der Waals surface area contributed by atoms with Crippen LogP contribution in [-0.2, 0) is 11.3 Å². The number of anilines is 1. The highest BCUT2D eigenvalue weighted by Crippen LogP contribution is 2.20. The number of hydrogen-bond acceptors (Lipinski definition) is 2. The van der Waals surface area contributed by atoms with Gasteiger partial charge in [0.15, 0.2) is 11.6 Å². The molecule has 21 heavy (non-hydrogen) atoms. The second-order valence-corrected chi connectivity index (χ2v) is 4.91. The zero-order valence-corrected chi connectivity index (χ0v) is 11.6. The van der Waals surface area contributed by atoms with Gasteiger partial charge in [-0.15, -0.1) is 0 Å². The molecule has 0 atom stereocenters. The van der Waals surface area contributed by atoms with Crippen molar-refractivity contribution in [3.05, 3.63) is 64.7 Å². The van der Waals surface area contributed by atoms with Crippen LogP contribution < -0.4 is 4.90 Å². The smallest absolute Gasteiger partial charge is 0.323 e. The molecule has 0 saturated carbocycles. The number of halogens is 3. The van der Waals surface area contributed by atoms with E-state index in [2.05, 4.69) is 0 Å². The Morgan fingerprint density at radius 3 is 2.33 bits per heavy atom. The SMILES string of the molecule is O=C(O)CN(Cc1ccc(F)c(F)c1)c1ccc(Cl)cc1. The first-order valence-corrected chi connectivity index (χ1v) is 6.50. The summed E-state index contributed by atoms with van der Waals surface area (Å²) in [6, 6.07) is 10.1. The molecule has 0 bridgehead atoms. The van der Waals surface area contributed by atoms with Crippen molar-refractivity contribution in [2.24, 2.45) is 0 Å². The zero-order chi connectivity index (χ0) is 15.4. The number of aliphatic carboxylic acids is 1. The van der Waals surface area contributed by atoms with Gasteiger partial charge >= 0.3 is 5.97 Å². The van der Waals surface area contributed by atoms with Crippen molar-refractivity contribution in [1.82, 2.24) is 0 Å². The quantitative estimate of drug-likeness (QED) is 0.915. The average Bonchev–Trinajstić information content (AvgIpc) is 2.42. The molecule has 0 fully saturated rings. The fourth-order valence-corrected chi connectivity index (χ4v) is 2.04. The van der Waals surface area contributed by atoms with Crippen molar-refractivity contribution in [1.29, 1.82) is 0 Å². The number of benzene rings is 2. The largest absolute Gasteiger partial charge is 0.480 e. The third kappa shape index (κ3) is 4.16. The molecule has 0 aliphatic heterocycles. The molecule has 0 spiro atoms. The predicted octanol–water partition coefficient (Wildman–Crippen LogP) is 3.71. The molecule has 0 aromatic heterocycles. The van der Waals surface area contributed by atoms with E-state index in [1.165, 1.54) is 11.0 Å². The maximum absolute atomic E-state index is 13.2. The Morgan fingerprint density at radius 2 is 1.76 bits per heavy atom. The van der Waals surface area contributed by atoms with Crippen LogP contribution in [0.25, 0.3) is 0 Å². The third-order valence-electron chi connectivity index (χ3n) is 2.88. The number of rotatable bonds is 5. The van der Waals surface area contributed by atoms with Gasteiger partial charge in [0.1, 0.15) is 6.54 Å². The Kier molecular flexibility index (Phi) is 4.75. The van der Waals surface area contributed by atoms with Crippen molar-refractivity contribution < 1.29 is 18.7 Å². The molecule has 0 saturated heterocycles. The molecular formula is C15H12ClF2NO2. The molecule has 1 N–H and O–H groups in total. The Bertz CT molecular complexity index is 647. The summed E-state index contributed by atoms with van der Waals surface area (Å²) in [5.41, 5.74) is 1.11. The molecule has 2 aromatic carbocycles. The van der Waals surface area contributed by atoms with Gasteiger partial charge in [-0.1, -0.05) is 17.7 Å². The van der Waals surface area contributed by atoms with E-state index >= 15 is 0 Å². The van der Waals surface area contributed by atoms with Crippen LogP contribution in [0, 0.1) is 11.6 Å². The molecule has 0 amide bonds. The van der Waals surface area contributed by atoms with Gasteiger partial charge in [0.2, 0.25) is 0 Å². The summed E-state index contributed by atoms with van der Waals surface area (Å²) in [5, 5.41) is 9.50. The van der Waals surface area contributed by atoms with Crippen molar-refractivity contribution in [3.63, 3.8) is 0 Å². The average molecular weight is 312 g/mol. The van der Waals surface area contributed by atoms with E-state index < -0.39 is 17.6 Å². The number of carboxylic acids is 1. The number of carboxylic acid groups (broad SMARTS) is 1. The maximum Gasteiger partial charge on any atom is 0.323 e. The molecule has 2 aromatic rings. The molecule has 0 heterocycles. The topological polar surface area (TPSA) is 40.5 Å². The molecule has 2 rings (SSSR count). The van der Waals surface area contributed by atoms with Gasteiger partial charge in [0, 0.05) is 17.3 Å². The van der Waals surface area contributed by atoms with Crippen molar-refractivity contribution >= 4 is 23.3 Å². The van der Waals surface area contributed by atoms with E-state index in [0.29, 0.717) is 16.3 Å². The van der Waals surface area contributed by atoms with E-state index in [1.54, 1.807) is 24.3 Å². The lowest BCUT2D eigenvalue weighted by Crippen LogP contribution is -2.29. The number of carbonyl (C=O) groups is 1. The lowest BCUT2D eigenvalue weighted by atomic mass is 10.2.